The van der Waals surface area contributed by atoms with Gasteiger partial charge in [-0.25, -0.2) is 0 Å². The summed E-state index contributed by atoms with van der Waals surface area (Å²) in [6.07, 6.45) is 0.376. The molecule has 1 saturated carbocycles. The molecule has 0 heterocycles. The molecule has 2 rings (SSSR count). The lowest BCUT2D eigenvalue weighted by molar-refractivity contribution is -0.139. The van der Waals surface area contributed by atoms with Crippen molar-refractivity contribution in [1.82, 2.24) is 0 Å². The van der Waals surface area contributed by atoms with Crippen molar-refractivity contribution in [1.29, 1.82) is 0 Å². The number of nitrogens with one attached hydrogen (secondary N) is 1. The van der Waals surface area contributed by atoms with Crippen molar-refractivity contribution in [3.8, 4) is 0 Å². The molecule has 6 nitrogen and oxygen atoms in total. The highest BCUT2D eigenvalue weighted by atomic mass is 16.4. The number of carbonyl (C=O) groups excluding carboxylic acids is 2. The van der Waals surface area contributed by atoms with E-state index in [1.807, 2.05) is 0 Å². The average Bonchev–Trinajstić information content (AvgIpc) is 3.09. The number of anilines is 1. The van der Waals surface area contributed by atoms with E-state index in [9.17, 15) is 14.4 Å². The van der Waals surface area contributed by atoms with Crippen LogP contribution in [0, 0.1) is 11.8 Å². The van der Waals surface area contributed by atoms with Crippen molar-refractivity contribution in [3.05, 3.63) is 29.8 Å². The number of carbonyl (C=O) groups is 3. The second-order valence-corrected chi connectivity index (χ2v) is 4.22. The van der Waals surface area contributed by atoms with E-state index in [1.165, 1.54) is 12.1 Å². The van der Waals surface area contributed by atoms with E-state index in [0.29, 0.717) is 17.7 Å². The van der Waals surface area contributed by atoms with Crippen LogP contribution in [0.3, 0.4) is 0 Å². The Bertz CT molecular complexity index is 509. The fraction of sp³-hybridized carbons (Fsp3) is 0.250. The molecule has 18 heavy (non-hydrogen) atoms. The van der Waals surface area contributed by atoms with E-state index in [1.54, 1.807) is 12.1 Å². The number of nitrogens with two attached hydrogens (primary N) is 1. The number of benzene rings is 1. The zero-order valence-corrected chi connectivity index (χ0v) is 9.42. The molecule has 1 aromatic rings. The Hall–Kier alpha value is -2.37. The molecule has 1 aliphatic carbocycles. The molecule has 1 fully saturated rings. The molecule has 2 amide bonds. The Kier molecular flexibility index (Phi) is 3.01. The summed E-state index contributed by atoms with van der Waals surface area (Å²) >= 11 is 0. The topological polar surface area (TPSA) is 109 Å². The number of rotatable bonds is 4. The largest absolute Gasteiger partial charge is 0.481 e. The van der Waals surface area contributed by atoms with Crippen LogP contribution in [0.2, 0.25) is 0 Å². The molecule has 0 spiro atoms. The third-order valence-electron chi connectivity index (χ3n) is 2.88. The van der Waals surface area contributed by atoms with E-state index in [-0.39, 0.29) is 5.91 Å². The molecule has 2 unspecified atom stereocenters. The molecule has 1 aromatic carbocycles. The molecule has 6 heteroatoms. The SMILES string of the molecule is NC(=O)c1ccc(NC(=O)C2CC2C(=O)O)cc1. The highest BCUT2D eigenvalue weighted by Crippen LogP contribution is 2.39. The lowest BCUT2D eigenvalue weighted by Gasteiger charge is -2.04. The van der Waals surface area contributed by atoms with Crippen LogP contribution in [0.25, 0.3) is 0 Å². The standard InChI is InChI=1S/C12H12N2O4/c13-10(15)6-1-3-7(4-2-6)14-11(16)8-5-9(8)12(17)18/h1-4,8-9H,5H2,(H2,13,15)(H,14,16)(H,17,18). The van der Waals surface area contributed by atoms with Crippen LogP contribution in [0.5, 0.6) is 0 Å². The Morgan fingerprint density at radius 2 is 1.78 bits per heavy atom. The van der Waals surface area contributed by atoms with Crippen molar-refractivity contribution >= 4 is 23.5 Å². The van der Waals surface area contributed by atoms with Crippen LogP contribution < -0.4 is 11.1 Å². The number of aliphatic carboxylic acids is 1. The highest BCUT2D eigenvalue weighted by Gasteiger charge is 2.48. The van der Waals surface area contributed by atoms with E-state index in [4.69, 9.17) is 10.8 Å². The van der Waals surface area contributed by atoms with Gasteiger partial charge in [-0.15, -0.1) is 0 Å². The molecule has 0 bridgehead atoms. The van der Waals surface area contributed by atoms with Crippen molar-refractivity contribution < 1.29 is 19.5 Å². The van der Waals surface area contributed by atoms with E-state index < -0.39 is 23.7 Å². The lowest BCUT2D eigenvalue weighted by atomic mass is 10.2. The van der Waals surface area contributed by atoms with Gasteiger partial charge in [-0.1, -0.05) is 0 Å². The monoisotopic (exact) mass is 248 g/mol. The van der Waals surface area contributed by atoms with Gasteiger partial charge in [0, 0.05) is 11.3 Å². The number of carboxylic acids is 1. The Balaban J connectivity index is 1.96. The highest BCUT2D eigenvalue weighted by molar-refractivity contribution is 5.99. The third-order valence-corrected chi connectivity index (χ3v) is 2.88. The van der Waals surface area contributed by atoms with Gasteiger partial charge < -0.3 is 16.2 Å². The van der Waals surface area contributed by atoms with Crippen LogP contribution in [-0.4, -0.2) is 22.9 Å². The maximum Gasteiger partial charge on any atom is 0.307 e. The average molecular weight is 248 g/mol. The first-order chi connectivity index (χ1) is 8.49. The minimum atomic E-state index is -0.945. The summed E-state index contributed by atoms with van der Waals surface area (Å²) < 4.78 is 0. The zero-order valence-electron chi connectivity index (χ0n) is 9.42. The molecule has 0 aliphatic heterocycles. The second kappa shape index (κ2) is 4.48. The maximum absolute atomic E-state index is 11.6. The number of hydrogen-bond acceptors (Lipinski definition) is 3. The maximum atomic E-state index is 11.6. The Morgan fingerprint density at radius 3 is 2.22 bits per heavy atom. The third kappa shape index (κ3) is 2.48. The summed E-state index contributed by atoms with van der Waals surface area (Å²) in [5, 5.41) is 11.3. The predicted molar refractivity (Wildman–Crippen MR) is 62.8 cm³/mol. The van der Waals surface area contributed by atoms with Gasteiger partial charge in [0.2, 0.25) is 11.8 Å². The molecular weight excluding hydrogens is 236 g/mol. The fourth-order valence-electron chi connectivity index (χ4n) is 1.71. The van der Waals surface area contributed by atoms with Gasteiger partial charge in [0.15, 0.2) is 0 Å². The molecule has 1 aliphatic rings. The molecule has 4 N–H and O–H groups in total. The van der Waals surface area contributed by atoms with Gasteiger partial charge in [0.1, 0.15) is 0 Å². The predicted octanol–water partition coefficient (Wildman–Crippen LogP) is 0.445. The summed E-state index contributed by atoms with van der Waals surface area (Å²) in [5.41, 5.74) is 5.95. The van der Waals surface area contributed by atoms with Crippen LogP contribution in [-0.2, 0) is 9.59 Å². The first-order valence-corrected chi connectivity index (χ1v) is 5.42. The van der Waals surface area contributed by atoms with Crippen molar-refractivity contribution in [2.45, 2.75) is 6.42 Å². The molecule has 0 radical (unpaired) electrons. The summed E-state index contributed by atoms with van der Waals surface area (Å²) in [6, 6.07) is 6.10. The van der Waals surface area contributed by atoms with Crippen LogP contribution in [0.1, 0.15) is 16.8 Å². The minimum Gasteiger partial charge on any atom is -0.481 e. The summed E-state index contributed by atoms with van der Waals surface area (Å²) in [7, 11) is 0. The molecule has 0 saturated heterocycles. The Morgan fingerprint density at radius 1 is 1.17 bits per heavy atom. The summed E-state index contributed by atoms with van der Waals surface area (Å²) in [6.45, 7) is 0. The van der Waals surface area contributed by atoms with Gasteiger partial charge in [0.25, 0.3) is 0 Å². The van der Waals surface area contributed by atoms with Gasteiger partial charge in [-0.05, 0) is 30.7 Å². The smallest absolute Gasteiger partial charge is 0.307 e. The van der Waals surface area contributed by atoms with Gasteiger partial charge in [-0.2, -0.15) is 0 Å². The normalized spacial score (nSPS) is 21.1. The first-order valence-electron chi connectivity index (χ1n) is 5.42. The van der Waals surface area contributed by atoms with E-state index in [0.717, 1.165) is 0 Å². The van der Waals surface area contributed by atoms with Gasteiger partial charge in [-0.3, -0.25) is 14.4 Å². The van der Waals surface area contributed by atoms with Crippen LogP contribution >= 0.6 is 0 Å². The fourth-order valence-corrected chi connectivity index (χ4v) is 1.71. The summed E-state index contributed by atoms with van der Waals surface area (Å²) in [5.74, 6) is -2.83. The molecular formula is C12H12N2O4. The zero-order chi connectivity index (χ0) is 13.3. The first kappa shape index (κ1) is 12.1. The quantitative estimate of drug-likeness (QED) is 0.718. The van der Waals surface area contributed by atoms with E-state index >= 15 is 0 Å². The molecule has 94 valence electrons. The molecule has 0 aromatic heterocycles. The van der Waals surface area contributed by atoms with Gasteiger partial charge >= 0.3 is 5.97 Å². The van der Waals surface area contributed by atoms with Gasteiger partial charge in [0.05, 0.1) is 11.8 Å². The van der Waals surface area contributed by atoms with Crippen molar-refractivity contribution in [2.75, 3.05) is 5.32 Å². The Labute approximate surface area is 103 Å². The number of amides is 2. The number of primary amides is 1. The lowest BCUT2D eigenvalue weighted by Crippen LogP contribution is -2.17. The summed E-state index contributed by atoms with van der Waals surface area (Å²) in [4.78, 5) is 33.1. The number of hydrogen-bond donors (Lipinski definition) is 3. The number of carboxylic acid groups (broad SMARTS) is 1. The van der Waals surface area contributed by atoms with Crippen LogP contribution in [0.15, 0.2) is 24.3 Å². The minimum absolute atomic E-state index is 0.311. The second-order valence-electron chi connectivity index (χ2n) is 4.22. The van der Waals surface area contributed by atoms with E-state index in [2.05, 4.69) is 5.32 Å². The molecule has 2 atom stereocenters. The van der Waals surface area contributed by atoms with Crippen molar-refractivity contribution in [2.24, 2.45) is 17.6 Å². The van der Waals surface area contributed by atoms with Crippen molar-refractivity contribution in [3.63, 3.8) is 0 Å². The van der Waals surface area contributed by atoms with Crippen LogP contribution in [0.4, 0.5) is 5.69 Å².